The van der Waals surface area contributed by atoms with Gasteiger partial charge < -0.3 is 9.53 Å². The van der Waals surface area contributed by atoms with Gasteiger partial charge in [-0.05, 0) is 34.0 Å². The van der Waals surface area contributed by atoms with Crippen molar-refractivity contribution >= 4 is 42.0 Å². The van der Waals surface area contributed by atoms with Crippen molar-refractivity contribution in [2.75, 3.05) is 14.2 Å². The third-order valence-electron chi connectivity index (χ3n) is 6.34. The zero-order valence-electron chi connectivity index (χ0n) is 22.1. The highest BCUT2D eigenvalue weighted by Gasteiger charge is 2.50. The molecule has 1 amide bonds. The second-order valence-electron chi connectivity index (χ2n) is 9.87. The monoisotopic (exact) mass is 542 g/mol. The molecule has 198 valence electrons. The van der Waals surface area contributed by atoms with E-state index in [0.717, 1.165) is 10.1 Å². The number of aromatic nitrogens is 1. The Balaban J connectivity index is 1.86. The van der Waals surface area contributed by atoms with Crippen LogP contribution in [0.3, 0.4) is 0 Å². The lowest BCUT2D eigenvalue weighted by molar-refractivity contribution is -0.177. The van der Waals surface area contributed by atoms with Gasteiger partial charge in [0.2, 0.25) is 6.17 Å². The summed E-state index contributed by atoms with van der Waals surface area (Å²) < 4.78 is 21.4. The first kappa shape index (κ1) is 28.9. The molecule has 3 rings (SSSR count). The largest absolute Gasteiger partial charge is 0.401 e. The van der Waals surface area contributed by atoms with E-state index >= 15 is 0 Å². The molecule has 1 N–H and O–H groups in total. The Hall–Kier alpha value is -2.69. The number of hydroxylamine groups is 2. The molecule has 9 heteroatoms. The maximum Gasteiger partial charge on any atom is 0.283 e. The average molecular weight is 543 g/mol. The number of carbonyl (C=O) groups excluding carboxylic acids is 1. The third-order valence-corrected chi connectivity index (χ3v) is 12.2. The zero-order valence-corrected chi connectivity index (χ0v) is 24.0. The van der Waals surface area contributed by atoms with Crippen molar-refractivity contribution < 1.29 is 23.6 Å². The fraction of sp³-hybridized carbons (Fsp3) is 0.357. The molecule has 1 heterocycles. The second-order valence-corrected chi connectivity index (χ2v) is 15.1. The quantitative estimate of drug-likeness (QED) is 0.305. The molecule has 6 nitrogen and oxygen atoms in total. The number of hydrogen-bond acceptors (Lipinski definition) is 6. The van der Waals surface area contributed by atoms with Crippen molar-refractivity contribution in [2.45, 2.75) is 51.6 Å². The average Bonchev–Trinajstić information content (AvgIpc) is 3.34. The normalized spacial score (nSPS) is 14.3. The van der Waals surface area contributed by atoms with Crippen molar-refractivity contribution in [3.05, 3.63) is 82.3 Å². The number of rotatable bonds is 10. The first-order valence-electron chi connectivity index (χ1n) is 12.0. The van der Waals surface area contributed by atoms with E-state index in [1.807, 2.05) is 41.8 Å². The summed E-state index contributed by atoms with van der Waals surface area (Å²) in [5, 5.41) is 15.9. The number of alkyl halides is 1. The number of halogens is 1. The predicted octanol–water partition coefficient (Wildman–Crippen LogP) is 4.34. The van der Waals surface area contributed by atoms with Crippen molar-refractivity contribution in [3.8, 4) is 0 Å². The molecular weight excluding hydrogens is 507 g/mol. The third kappa shape index (κ3) is 6.42. The zero-order chi connectivity index (χ0) is 27.2. The Labute approximate surface area is 223 Å². The van der Waals surface area contributed by atoms with E-state index in [2.05, 4.69) is 50.0 Å². The van der Waals surface area contributed by atoms with Crippen LogP contribution in [0.4, 0.5) is 4.39 Å². The number of nitrogens with zero attached hydrogens (tertiary/aromatic N) is 2. The van der Waals surface area contributed by atoms with Gasteiger partial charge >= 0.3 is 0 Å². The highest BCUT2D eigenvalue weighted by molar-refractivity contribution is 7.09. The van der Waals surface area contributed by atoms with E-state index < -0.39 is 26.5 Å². The van der Waals surface area contributed by atoms with Crippen molar-refractivity contribution in [1.29, 1.82) is 0 Å². The maximum atomic E-state index is 14.5. The van der Waals surface area contributed by atoms with Gasteiger partial charge in [0.05, 0.1) is 19.4 Å². The molecule has 0 fully saturated rings. The molecule has 1 aromatic heterocycles. The van der Waals surface area contributed by atoms with Gasteiger partial charge in [0.15, 0.2) is 0 Å². The Kier molecular flexibility index (Phi) is 9.55. The van der Waals surface area contributed by atoms with Gasteiger partial charge in [-0.25, -0.2) is 14.4 Å². The summed E-state index contributed by atoms with van der Waals surface area (Å²) >= 11 is 1.44. The van der Waals surface area contributed by atoms with Crippen LogP contribution >= 0.6 is 11.3 Å². The van der Waals surface area contributed by atoms with Crippen LogP contribution in [0.1, 0.15) is 38.4 Å². The molecule has 0 saturated carbocycles. The van der Waals surface area contributed by atoms with E-state index in [-0.39, 0.29) is 10.6 Å². The van der Waals surface area contributed by atoms with Crippen LogP contribution < -0.4 is 10.4 Å². The van der Waals surface area contributed by atoms with Gasteiger partial charge in [-0.1, -0.05) is 81.4 Å². The molecule has 3 aromatic rings. The van der Waals surface area contributed by atoms with Crippen molar-refractivity contribution in [2.24, 2.45) is 0 Å². The highest BCUT2D eigenvalue weighted by atomic mass is 32.1. The van der Waals surface area contributed by atoms with Gasteiger partial charge in [0.1, 0.15) is 11.1 Å². The first-order valence-corrected chi connectivity index (χ1v) is 14.8. The van der Waals surface area contributed by atoms with Crippen LogP contribution in [0.25, 0.3) is 6.08 Å². The lowest BCUT2D eigenvalue weighted by Crippen LogP contribution is -2.66. The van der Waals surface area contributed by atoms with E-state index in [1.54, 1.807) is 13.0 Å². The molecule has 0 bridgehead atoms. The summed E-state index contributed by atoms with van der Waals surface area (Å²) in [5.74, 6) is -0.958. The summed E-state index contributed by atoms with van der Waals surface area (Å²) in [4.78, 5) is 21.3. The Morgan fingerprint density at radius 1 is 1.14 bits per heavy atom. The molecule has 0 aliphatic carbocycles. The van der Waals surface area contributed by atoms with E-state index in [0.29, 0.717) is 12.3 Å². The fourth-order valence-electron chi connectivity index (χ4n) is 4.34. The molecule has 2 aromatic carbocycles. The minimum Gasteiger partial charge on any atom is -0.401 e. The standard InChI is InChI=1S/C28H35FN2O4SSi/c1-20(26(32)25(29)27(33)31(5)34-6)17-21-19-36-24(30-21)18-35-37(28(2,3)4,22-13-9-7-10-14-22)23-15-11-8-12-16-23/h7-17,19,25-26,32H,18H2,1-6H3/b20-17+/t25?,26-/m1/s1. The Morgan fingerprint density at radius 2 is 1.68 bits per heavy atom. The number of aliphatic hydroxyl groups excluding tert-OH is 1. The number of amides is 1. The fourth-order valence-corrected chi connectivity index (χ4v) is 9.61. The van der Waals surface area contributed by atoms with Crippen molar-refractivity contribution in [3.63, 3.8) is 0 Å². The first-order chi connectivity index (χ1) is 17.5. The minimum atomic E-state index is -2.71. The van der Waals surface area contributed by atoms with Crippen LogP contribution in [0.2, 0.25) is 5.04 Å². The van der Waals surface area contributed by atoms with Gasteiger partial charge in [0.25, 0.3) is 14.2 Å². The van der Waals surface area contributed by atoms with Crippen LogP contribution in [0.15, 0.2) is 71.6 Å². The molecule has 2 atom stereocenters. The van der Waals surface area contributed by atoms with Gasteiger partial charge in [-0.15, -0.1) is 11.3 Å². The second kappa shape index (κ2) is 12.2. The van der Waals surface area contributed by atoms with E-state index in [9.17, 15) is 14.3 Å². The summed E-state index contributed by atoms with van der Waals surface area (Å²) in [6.07, 6.45) is -2.17. The SMILES string of the molecule is CON(C)C(=O)C(F)[C@H](O)/C(C)=C/c1csc(CO[Si](c2ccccc2)(c2ccccc2)C(C)(C)C)n1. The van der Waals surface area contributed by atoms with Crippen LogP contribution in [0.5, 0.6) is 0 Å². The van der Waals surface area contributed by atoms with Gasteiger partial charge in [-0.3, -0.25) is 9.63 Å². The Morgan fingerprint density at radius 3 is 2.16 bits per heavy atom. The summed E-state index contributed by atoms with van der Waals surface area (Å²) in [6, 6.07) is 20.8. The van der Waals surface area contributed by atoms with Crippen LogP contribution in [-0.2, 0) is 20.7 Å². The highest BCUT2D eigenvalue weighted by Crippen LogP contribution is 2.37. The van der Waals surface area contributed by atoms with Gasteiger partial charge in [0, 0.05) is 12.4 Å². The number of hydrogen-bond donors (Lipinski definition) is 1. The smallest absolute Gasteiger partial charge is 0.283 e. The molecular formula is C28H35FN2O4SSi. The number of aliphatic hydroxyl groups is 1. The van der Waals surface area contributed by atoms with Crippen LogP contribution in [0, 0.1) is 0 Å². The van der Waals surface area contributed by atoms with Gasteiger partial charge in [-0.2, -0.15) is 0 Å². The number of benzene rings is 2. The predicted molar refractivity (Wildman–Crippen MR) is 149 cm³/mol. The minimum absolute atomic E-state index is 0.158. The van der Waals surface area contributed by atoms with E-state index in [4.69, 9.17) is 9.26 Å². The molecule has 0 aliphatic heterocycles. The maximum absolute atomic E-state index is 14.5. The molecule has 1 unspecified atom stereocenters. The molecule has 0 saturated heterocycles. The molecule has 0 spiro atoms. The summed E-state index contributed by atoms with van der Waals surface area (Å²) in [5.41, 5.74) is 0.859. The molecule has 0 aliphatic rings. The van der Waals surface area contributed by atoms with Crippen molar-refractivity contribution in [1.82, 2.24) is 10.0 Å². The molecule has 0 radical (unpaired) electrons. The number of carbonyl (C=O) groups is 1. The lowest BCUT2D eigenvalue weighted by atomic mass is 10.1. The number of thiazole rings is 1. The van der Waals surface area contributed by atoms with E-state index in [1.165, 1.54) is 35.9 Å². The lowest BCUT2D eigenvalue weighted by Gasteiger charge is -2.42. The summed E-state index contributed by atoms with van der Waals surface area (Å²) in [6.45, 7) is 8.53. The van der Waals surface area contributed by atoms with Crippen LogP contribution in [-0.4, -0.2) is 55.8 Å². The molecule has 37 heavy (non-hydrogen) atoms. The topological polar surface area (TPSA) is 71.9 Å². The Bertz CT molecular complexity index is 1160. The summed E-state index contributed by atoms with van der Waals surface area (Å²) in [7, 11) is -0.161.